The van der Waals surface area contributed by atoms with E-state index in [1.54, 1.807) is 54.6 Å². The van der Waals surface area contributed by atoms with Crippen LogP contribution in [-0.2, 0) is 11.3 Å². The maximum absolute atomic E-state index is 12.8. The van der Waals surface area contributed by atoms with E-state index in [9.17, 15) is 19.2 Å². The Morgan fingerprint density at radius 1 is 0.917 bits per heavy atom. The van der Waals surface area contributed by atoms with E-state index in [-0.39, 0.29) is 32.2 Å². The van der Waals surface area contributed by atoms with Crippen molar-refractivity contribution < 1.29 is 28.7 Å². The highest BCUT2D eigenvalue weighted by Crippen LogP contribution is 2.32. The highest BCUT2D eigenvalue weighted by atomic mass is 16.7. The Balaban J connectivity index is 1.19. The highest BCUT2D eigenvalue weighted by Gasteiger charge is 2.35. The SMILES string of the molecule is Cc1ccc2c(c1)C(=O)N(CCC(=O)Nc1ccccc1C(=O)NCc1ccc3c(c1)OCO3)C2=O. The Morgan fingerprint density at radius 2 is 1.69 bits per heavy atom. The van der Waals surface area contributed by atoms with Gasteiger partial charge in [-0.1, -0.05) is 29.8 Å². The summed E-state index contributed by atoms with van der Waals surface area (Å²) in [7, 11) is 0. The number of nitrogens with zero attached hydrogens (tertiary/aromatic N) is 1. The first kappa shape index (κ1) is 23.1. The quantitative estimate of drug-likeness (QED) is 0.497. The number of amides is 4. The molecule has 3 aromatic carbocycles. The second kappa shape index (κ2) is 9.53. The van der Waals surface area contributed by atoms with E-state index < -0.39 is 17.7 Å². The molecule has 0 fully saturated rings. The third-order valence-electron chi connectivity index (χ3n) is 6.02. The smallest absolute Gasteiger partial charge is 0.261 e. The van der Waals surface area contributed by atoms with Crippen LogP contribution in [0.25, 0.3) is 0 Å². The van der Waals surface area contributed by atoms with E-state index in [0.29, 0.717) is 33.9 Å². The molecule has 2 aliphatic heterocycles. The molecule has 0 aromatic heterocycles. The fraction of sp³-hybridized carbons (Fsp3) is 0.185. The number of carbonyl (C=O) groups excluding carboxylic acids is 4. The number of benzene rings is 3. The van der Waals surface area contributed by atoms with E-state index in [1.165, 1.54) is 0 Å². The lowest BCUT2D eigenvalue weighted by Crippen LogP contribution is -2.33. The lowest BCUT2D eigenvalue weighted by molar-refractivity contribution is -0.116. The van der Waals surface area contributed by atoms with Crippen molar-refractivity contribution in [2.24, 2.45) is 0 Å². The van der Waals surface area contributed by atoms with Crippen LogP contribution in [0.5, 0.6) is 11.5 Å². The Labute approximate surface area is 207 Å². The number of aryl methyl sites for hydroxylation is 1. The molecule has 0 spiro atoms. The lowest BCUT2D eigenvalue weighted by Gasteiger charge is -2.15. The molecule has 0 aliphatic carbocycles. The van der Waals surface area contributed by atoms with Crippen LogP contribution in [0.15, 0.2) is 60.7 Å². The predicted molar refractivity (Wildman–Crippen MR) is 130 cm³/mol. The van der Waals surface area contributed by atoms with Gasteiger partial charge in [-0.15, -0.1) is 0 Å². The van der Waals surface area contributed by atoms with Crippen molar-refractivity contribution in [3.63, 3.8) is 0 Å². The zero-order valence-corrected chi connectivity index (χ0v) is 19.5. The molecule has 0 bridgehead atoms. The number of para-hydroxylation sites is 1. The number of fused-ring (bicyclic) bond motifs is 2. The van der Waals surface area contributed by atoms with Crippen molar-refractivity contribution in [1.82, 2.24) is 10.2 Å². The molecule has 0 saturated heterocycles. The highest BCUT2D eigenvalue weighted by molar-refractivity contribution is 6.21. The average Bonchev–Trinajstić information content (AvgIpc) is 3.43. The summed E-state index contributed by atoms with van der Waals surface area (Å²) in [4.78, 5) is 51.8. The maximum Gasteiger partial charge on any atom is 0.261 e. The van der Waals surface area contributed by atoms with E-state index in [4.69, 9.17) is 9.47 Å². The molecule has 4 amide bonds. The summed E-state index contributed by atoms with van der Waals surface area (Å²) in [5, 5.41) is 5.56. The van der Waals surface area contributed by atoms with Crippen LogP contribution in [0.3, 0.4) is 0 Å². The van der Waals surface area contributed by atoms with Crippen LogP contribution >= 0.6 is 0 Å². The summed E-state index contributed by atoms with van der Waals surface area (Å²) in [6.07, 6.45) is -0.0996. The number of nitrogens with one attached hydrogen (secondary N) is 2. The van der Waals surface area contributed by atoms with Crippen molar-refractivity contribution >= 4 is 29.3 Å². The number of imide groups is 1. The Morgan fingerprint density at radius 3 is 2.56 bits per heavy atom. The summed E-state index contributed by atoms with van der Waals surface area (Å²) in [5.41, 5.74) is 3.04. The van der Waals surface area contributed by atoms with E-state index in [0.717, 1.165) is 16.0 Å². The summed E-state index contributed by atoms with van der Waals surface area (Å²) in [5.74, 6) is -0.309. The molecule has 5 rings (SSSR count). The first-order valence-corrected chi connectivity index (χ1v) is 11.4. The Kier molecular flexibility index (Phi) is 6.12. The average molecular weight is 485 g/mol. The molecule has 0 atom stereocenters. The summed E-state index contributed by atoms with van der Waals surface area (Å²) in [6, 6.07) is 17.1. The zero-order chi connectivity index (χ0) is 25.2. The molecule has 0 unspecified atom stereocenters. The van der Waals surface area contributed by atoms with Crippen LogP contribution in [-0.4, -0.2) is 41.9 Å². The van der Waals surface area contributed by atoms with Crippen molar-refractivity contribution in [3.05, 3.63) is 88.5 Å². The monoisotopic (exact) mass is 485 g/mol. The van der Waals surface area contributed by atoms with Gasteiger partial charge >= 0.3 is 0 Å². The first-order valence-electron chi connectivity index (χ1n) is 11.4. The maximum atomic E-state index is 12.8. The standard InChI is InChI=1S/C27H23N3O6/c1-16-6-8-18-20(12-16)27(34)30(26(18)33)11-10-24(31)29-21-5-3-2-4-19(21)25(32)28-14-17-7-9-22-23(13-17)36-15-35-22/h2-9,12-13H,10-11,14-15H2,1H3,(H,28,32)(H,29,31). The lowest BCUT2D eigenvalue weighted by atomic mass is 10.1. The summed E-state index contributed by atoms with van der Waals surface area (Å²) < 4.78 is 10.7. The van der Waals surface area contributed by atoms with Gasteiger partial charge in [0.2, 0.25) is 12.7 Å². The minimum Gasteiger partial charge on any atom is -0.454 e. The third kappa shape index (κ3) is 4.50. The van der Waals surface area contributed by atoms with Gasteiger partial charge in [0.05, 0.1) is 22.4 Å². The van der Waals surface area contributed by atoms with Crippen LogP contribution < -0.4 is 20.1 Å². The minimum absolute atomic E-state index is 0.0598. The Bertz CT molecular complexity index is 1400. The molecule has 9 nitrogen and oxygen atoms in total. The number of carbonyl (C=O) groups is 4. The van der Waals surface area contributed by atoms with E-state index >= 15 is 0 Å². The number of ether oxygens (including phenoxy) is 2. The molecule has 0 saturated carbocycles. The number of rotatable bonds is 7. The van der Waals surface area contributed by atoms with Crippen LogP contribution in [0, 0.1) is 6.92 Å². The molecule has 0 radical (unpaired) electrons. The molecule has 2 heterocycles. The largest absolute Gasteiger partial charge is 0.454 e. The predicted octanol–water partition coefficient (Wildman–Crippen LogP) is 3.28. The van der Waals surface area contributed by atoms with Crippen molar-refractivity contribution in [1.29, 1.82) is 0 Å². The molecular formula is C27H23N3O6. The van der Waals surface area contributed by atoms with Gasteiger partial charge in [-0.3, -0.25) is 24.1 Å². The molecule has 9 heteroatoms. The van der Waals surface area contributed by atoms with Gasteiger partial charge in [0.25, 0.3) is 17.7 Å². The van der Waals surface area contributed by atoms with Crippen LogP contribution in [0.4, 0.5) is 5.69 Å². The molecular weight excluding hydrogens is 462 g/mol. The number of hydrogen-bond donors (Lipinski definition) is 2. The third-order valence-corrected chi connectivity index (χ3v) is 6.02. The van der Waals surface area contributed by atoms with Gasteiger partial charge in [-0.2, -0.15) is 0 Å². The topological polar surface area (TPSA) is 114 Å². The van der Waals surface area contributed by atoms with Gasteiger partial charge in [0.1, 0.15) is 0 Å². The zero-order valence-electron chi connectivity index (χ0n) is 19.5. The molecule has 2 N–H and O–H groups in total. The Hall–Kier alpha value is -4.66. The second-order valence-electron chi connectivity index (χ2n) is 8.53. The second-order valence-corrected chi connectivity index (χ2v) is 8.53. The van der Waals surface area contributed by atoms with Crippen LogP contribution in [0.2, 0.25) is 0 Å². The number of hydrogen-bond acceptors (Lipinski definition) is 6. The van der Waals surface area contributed by atoms with Gasteiger partial charge in [0.15, 0.2) is 11.5 Å². The van der Waals surface area contributed by atoms with Gasteiger partial charge in [-0.05, 0) is 48.9 Å². The first-order chi connectivity index (χ1) is 17.4. The fourth-order valence-corrected chi connectivity index (χ4v) is 4.15. The van der Waals surface area contributed by atoms with Gasteiger partial charge < -0.3 is 20.1 Å². The molecule has 2 aliphatic rings. The minimum atomic E-state index is -0.418. The van der Waals surface area contributed by atoms with Gasteiger partial charge in [0, 0.05) is 19.5 Å². The van der Waals surface area contributed by atoms with Crippen molar-refractivity contribution in [2.45, 2.75) is 19.9 Å². The van der Waals surface area contributed by atoms with Crippen molar-refractivity contribution in [2.75, 3.05) is 18.7 Å². The van der Waals surface area contributed by atoms with E-state index in [1.807, 2.05) is 13.0 Å². The van der Waals surface area contributed by atoms with Gasteiger partial charge in [-0.25, -0.2) is 0 Å². The summed E-state index contributed by atoms with van der Waals surface area (Å²) >= 11 is 0. The van der Waals surface area contributed by atoms with Crippen molar-refractivity contribution in [3.8, 4) is 11.5 Å². The van der Waals surface area contributed by atoms with Crippen LogP contribution in [0.1, 0.15) is 48.6 Å². The molecule has 3 aromatic rings. The number of anilines is 1. The van der Waals surface area contributed by atoms with E-state index in [2.05, 4.69) is 10.6 Å². The molecule has 182 valence electrons. The fourth-order valence-electron chi connectivity index (χ4n) is 4.15. The normalized spacial score (nSPS) is 13.5. The summed E-state index contributed by atoms with van der Waals surface area (Å²) in [6.45, 7) is 2.22. The molecule has 36 heavy (non-hydrogen) atoms.